The molecule has 1 heteroatoms. The van der Waals surface area contributed by atoms with Gasteiger partial charge in [0, 0.05) is 0 Å². The summed E-state index contributed by atoms with van der Waals surface area (Å²) >= 11 is 0. The van der Waals surface area contributed by atoms with E-state index in [4.69, 9.17) is 0 Å². The SMILES string of the molecule is [CH2-]C.[H-].[Zr+4].c1cc[cH-]c1.c1cc[cH-]c1. The maximum atomic E-state index is 3.25. The third-order valence-electron chi connectivity index (χ3n) is 1.11. The van der Waals surface area contributed by atoms with Gasteiger partial charge >= 0.3 is 26.2 Å². The largest absolute Gasteiger partial charge is 4.00 e. The Morgan fingerprint density at radius 1 is 0.769 bits per heavy atom. The van der Waals surface area contributed by atoms with Gasteiger partial charge in [0.25, 0.3) is 0 Å². The number of rotatable bonds is 0. The van der Waals surface area contributed by atoms with Crippen LogP contribution < -0.4 is 0 Å². The summed E-state index contributed by atoms with van der Waals surface area (Å²) in [5, 5.41) is 0. The molecule has 0 saturated heterocycles. The van der Waals surface area contributed by atoms with Gasteiger partial charge in [-0.3, -0.25) is 0 Å². The Labute approximate surface area is 102 Å². The van der Waals surface area contributed by atoms with E-state index in [0.29, 0.717) is 0 Å². The van der Waals surface area contributed by atoms with Crippen LogP contribution in [0.1, 0.15) is 8.35 Å². The van der Waals surface area contributed by atoms with Crippen molar-refractivity contribution in [2.24, 2.45) is 0 Å². The van der Waals surface area contributed by atoms with Crippen LogP contribution in [0.2, 0.25) is 0 Å². The first kappa shape index (κ1) is 15.1. The van der Waals surface area contributed by atoms with Crippen molar-refractivity contribution in [2.45, 2.75) is 6.92 Å². The molecule has 0 amide bonds. The van der Waals surface area contributed by atoms with Crippen LogP contribution in [0.4, 0.5) is 0 Å². The fourth-order valence-corrected chi connectivity index (χ4v) is 0.642. The second-order valence-corrected chi connectivity index (χ2v) is 1.92. The van der Waals surface area contributed by atoms with Crippen LogP contribution in [0, 0.1) is 6.92 Å². The van der Waals surface area contributed by atoms with Gasteiger partial charge < -0.3 is 8.35 Å². The summed E-state index contributed by atoms with van der Waals surface area (Å²) < 4.78 is 0. The van der Waals surface area contributed by atoms with E-state index in [-0.39, 0.29) is 27.6 Å². The Bertz CT molecular complexity index is 150. The average Bonchev–Trinajstić information content (AvgIpc) is 2.87. The van der Waals surface area contributed by atoms with Crippen molar-refractivity contribution in [1.82, 2.24) is 0 Å². The molecule has 2 aromatic rings. The molecule has 2 aromatic carbocycles. The Hall–Kier alpha value is -0.417. The van der Waals surface area contributed by atoms with Crippen molar-refractivity contribution in [3.63, 3.8) is 0 Å². The molecule has 2 rings (SSSR count). The van der Waals surface area contributed by atoms with Crippen LogP contribution in [0.3, 0.4) is 0 Å². The second-order valence-electron chi connectivity index (χ2n) is 1.92. The molecule has 0 spiro atoms. The zero-order chi connectivity index (χ0) is 9.07. The smallest absolute Gasteiger partial charge is 1.00 e. The van der Waals surface area contributed by atoms with Gasteiger partial charge in [0.1, 0.15) is 0 Å². The minimum atomic E-state index is 0. The van der Waals surface area contributed by atoms with Gasteiger partial charge in [0.15, 0.2) is 0 Å². The minimum Gasteiger partial charge on any atom is -1.00 e. The average molecular weight is 251 g/mol. The van der Waals surface area contributed by atoms with Gasteiger partial charge in [-0.25, -0.2) is 24.3 Å². The molecule has 0 radical (unpaired) electrons. The Kier molecular flexibility index (Phi) is 16.4. The van der Waals surface area contributed by atoms with Crippen LogP contribution in [-0.4, -0.2) is 0 Å². The van der Waals surface area contributed by atoms with E-state index >= 15 is 0 Å². The molecular weight excluding hydrogens is 235 g/mol. The van der Waals surface area contributed by atoms with E-state index < -0.39 is 0 Å². The summed E-state index contributed by atoms with van der Waals surface area (Å²) in [4.78, 5) is 0. The summed E-state index contributed by atoms with van der Waals surface area (Å²) in [6.45, 7) is 5.00. The fraction of sp³-hybridized carbons (Fsp3) is 0.0833. The van der Waals surface area contributed by atoms with Gasteiger partial charge in [-0.1, -0.05) is 0 Å². The van der Waals surface area contributed by atoms with Crippen molar-refractivity contribution in [2.75, 3.05) is 0 Å². The van der Waals surface area contributed by atoms with E-state index in [1.165, 1.54) is 0 Å². The molecular formula is C12H16Zr. The predicted molar refractivity (Wildman–Crippen MR) is 56.2 cm³/mol. The summed E-state index contributed by atoms with van der Waals surface area (Å²) in [6.07, 6.45) is 0. The van der Waals surface area contributed by atoms with Crippen molar-refractivity contribution >= 4 is 0 Å². The molecule has 0 aliphatic rings. The molecule has 0 N–H and O–H groups in total. The third-order valence-corrected chi connectivity index (χ3v) is 1.11. The zero-order valence-electron chi connectivity index (χ0n) is 8.98. The summed E-state index contributed by atoms with van der Waals surface area (Å²) in [5.74, 6) is 0. The second kappa shape index (κ2) is 14.1. The van der Waals surface area contributed by atoms with Gasteiger partial charge in [0.05, 0.1) is 0 Å². The van der Waals surface area contributed by atoms with Gasteiger partial charge in [-0.2, -0.15) is 43.3 Å². The van der Waals surface area contributed by atoms with Crippen LogP contribution in [0.25, 0.3) is 0 Å². The Morgan fingerprint density at radius 2 is 1.00 bits per heavy atom. The summed E-state index contributed by atoms with van der Waals surface area (Å²) in [6, 6.07) is 20.0. The van der Waals surface area contributed by atoms with Gasteiger partial charge in [0.2, 0.25) is 0 Å². The van der Waals surface area contributed by atoms with E-state index in [1.807, 2.05) is 60.7 Å². The molecule has 0 atom stereocenters. The first-order chi connectivity index (χ1) is 6.00. The topological polar surface area (TPSA) is 0 Å². The first-order valence-corrected chi connectivity index (χ1v) is 4.04. The molecule has 0 unspecified atom stereocenters. The van der Waals surface area contributed by atoms with E-state index in [1.54, 1.807) is 6.92 Å². The molecule has 0 aromatic heterocycles. The Balaban J connectivity index is -0.000000131. The normalized spacial score (nSPS) is 6.62. The number of hydrogen-bond acceptors (Lipinski definition) is 0. The summed E-state index contributed by atoms with van der Waals surface area (Å²) in [5.41, 5.74) is 0. The molecule has 68 valence electrons. The standard InChI is InChI=1S/2C5H5.C2H5.Zr.H/c2*1-2-4-5-3-1;1-2;;/h2*1-5H;1H2,2H3;;/q3*-1;+4;-1. The van der Waals surface area contributed by atoms with Crippen LogP contribution in [0.15, 0.2) is 60.7 Å². The first-order valence-electron chi connectivity index (χ1n) is 4.04. The molecule has 0 aliphatic carbocycles. The molecule has 0 aliphatic heterocycles. The molecule has 0 fully saturated rings. The predicted octanol–water partition coefficient (Wildman–Crippen LogP) is 3.76. The van der Waals surface area contributed by atoms with Crippen LogP contribution in [0.5, 0.6) is 0 Å². The Morgan fingerprint density at radius 3 is 1.08 bits per heavy atom. The quantitative estimate of drug-likeness (QED) is 0.625. The zero-order valence-corrected chi connectivity index (χ0v) is 10.4. The van der Waals surface area contributed by atoms with Crippen molar-refractivity contribution in [3.8, 4) is 0 Å². The monoisotopic (exact) mass is 250 g/mol. The maximum absolute atomic E-state index is 3.25. The van der Waals surface area contributed by atoms with E-state index in [0.717, 1.165) is 0 Å². The van der Waals surface area contributed by atoms with E-state index in [9.17, 15) is 0 Å². The molecule has 0 heterocycles. The minimum absolute atomic E-state index is 0. The third kappa shape index (κ3) is 11.6. The van der Waals surface area contributed by atoms with Crippen molar-refractivity contribution < 1.29 is 27.6 Å². The van der Waals surface area contributed by atoms with Crippen molar-refractivity contribution in [3.05, 3.63) is 67.6 Å². The maximum Gasteiger partial charge on any atom is 4.00 e. The molecule has 13 heavy (non-hydrogen) atoms. The van der Waals surface area contributed by atoms with Crippen molar-refractivity contribution in [1.29, 1.82) is 0 Å². The molecule has 0 nitrogen and oxygen atoms in total. The number of hydrogen-bond donors (Lipinski definition) is 0. The molecule has 0 bridgehead atoms. The van der Waals surface area contributed by atoms with Gasteiger partial charge in [-0.05, 0) is 0 Å². The van der Waals surface area contributed by atoms with Crippen LogP contribution in [-0.2, 0) is 26.2 Å². The van der Waals surface area contributed by atoms with Gasteiger partial charge in [-0.15, -0.1) is 0 Å². The summed E-state index contributed by atoms with van der Waals surface area (Å²) in [7, 11) is 0. The van der Waals surface area contributed by atoms with Crippen LogP contribution >= 0.6 is 0 Å². The molecule has 0 saturated carbocycles. The fourth-order valence-electron chi connectivity index (χ4n) is 0.642. The van der Waals surface area contributed by atoms with E-state index in [2.05, 4.69) is 6.92 Å².